The van der Waals surface area contributed by atoms with Gasteiger partial charge in [-0.05, 0) is 67.9 Å². The summed E-state index contributed by atoms with van der Waals surface area (Å²) >= 11 is 2.26. The maximum atomic E-state index is 12.8. The van der Waals surface area contributed by atoms with E-state index in [4.69, 9.17) is 4.42 Å². The molecule has 2 aromatic carbocycles. The summed E-state index contributed by atoms with van der Waals surface area (Å²) in [5.74, 6) is -0.464. The van der Waals surface area contributed by atoms with E-state index in [1.807, 2.05) is 69.3 Å². The lowest BCUT2D eigenvalue weighted by molar-refractivity contribution is -0.127. The number of rotatable bonds is 6. The van der Waals surface area contributed by atoms with Crippen LogP contribution in [0.3, 0.4) is 0 Å². The third-order valence-corrected chi connectivity index (χ3v) is 6.79. The highest BCUT2D eigenvalue weighted by Crippen LogP contribution is 2.34. The number of imide groups is 1. The van der Waals surface area contributed by atoms with Crippen molar-refractivity contribution in [3.63, 3.8) is 0 Å². The first kappa shape index (κ1) is 22.9. The molecule has 6 nitrogen and oxygen atoms in total. The average Bonchev–Trinajstić information content (AvgIpc) is 3.30. The van der Waals surface area contributed by atoms with Crippen LogP contribution in [0.4, 0.5) is 10.5 Å². The Bertz CT molecular complexity index is 1240. The molecule has 168 valence electrons. The molecule has 0 atom stereocenters. The number of hydrogen-bond donors (Lipinski definition) is 1. The fourth-order valence-electron chi connectivity index (χ4n) is 3.54. The summed E-state index contributed by atoms with van der Waals surface area (Å²) in [6.07, 6.45) is 1.53. The van der Waals surface area contributed by atoms with Gasteiger partial charge in [-0.3, -0.25) is 19.3 Å². The molecule has 3 amide bonds. The lowest BCUT2D eigenvalue weighted by atomic mass is 10.1. The van der Waals surface area contributed by atoms with Crippen LogP contribution < -0.4 is 5.32 Å². The number of aryl methyl sites for hydroxylation is 3. The van der Waals surface area contributed by atoms with Crippen molar-refractivity contribution in [1.29, 1.82) is 0 Å². The molecule has 8 heteroatoms. The zero-order valence-electron chi connectivity index (χ0n) is 18.4. The molecule has 33 heavy (non-hydrogen) atoms. The van der Waals surface area contributed by atoms with E-state index >= 15 is 0 Å². The minimum absolute atomic E-state index is 0.223. The molecule has 1 aliphatic rings. The van der Waals surface area contributed by atoms with Crippen LogP contribution in [0, 0.1) is 20.8 Å². The number of anilines is 1. The molecule has 3 aromatic rings. The molecule has 1 aromatic heterocycles. The molecule has 2 heterocycles. The van der Waals surface area contributed by atoms with E-state index in [1.165, 1.54) is 17.8 Å². The maximum Gasteiger partial charge on any atom is 0.294 e. The summed E-state index contributed by atoms with van der Waals surface area (Å²) in [7, 11) is 0. The topological polar surface area (TPSA) is 79.6 Å². The Morgan fingerprint density at radius 2 is 1.76 bits per heavy atom. The van der Waals surface area contributed by atoms with Gasteiger partial charge in [0.05, 0.1) is 4.91 Å². The minimum Gasteiger partial charge on any atom is -0.450 e. The second kappa shape index (κ2) is 9.72. The highest BCUT2D eigenvalue weighted by atomic mass is 32.2. The first-order chi connectivity index (χ1) is 15.8. The number of thioether (sulfide) groups is 1. The first-order valence-corrected chi connectivity index (χ1v) is 11.9. The summed E-state index contributed by atoms with van der Waals surface area (Å²) in [6, 6.07) is 17.3. The zero-order chi connectivity index (χ0) is 23.5. The van der Waals surface area contributed by atoms with Gasteiger partial charge in [0.1, 0.15) is 12.3 Å². The van der Waals surface area contributed by atoms with Crippen molar-refractivity contribution in [3.05, 3.63) is 82.0 Å². The number of nitrogens with zero attached hydrogens (tertiary/aromatic N) is 1. The van der Waals surface area contributed by atoms with E-state index in [0.717, 1.165) is 38.2 Å². The van der Waals surface area contributed by atoms with Crippen LogP contribution in [0.1, 0.15) is 22.5 Å². The number of benzene rings is 2. The van der Waals surface area contributed by atoms with Crippen molar-refractivity contribution in [1.82, 2.24) is 4.90 Å². The molecular formula is C25H22N2O4S2. The van der Waals surface area contributed by atoms with Crippen molar-refractivity contribution in [2.45, 2.75) is 30.8 Å². The molecule has 0 aliphatic carbocycles. The maximum absolute atomic E-state index is 12.8. The quantitative estimate of drug-likeness (QED) is 0.436. The Morgan fingerprint density at radius 1 is 1.06 bits per heavy atom. The molecule has 0 saturated carbocycles. The third kappa shape index (κ3) is 5.40. The lowest BCUT2D eigenvalue weighted by Crippen LogP contribution is -2.36. The number of carbonyl (C=O) groups is 3. The largest absolute Gasteiger partial charge is 0.450 e. The average molecular weight is 479 g/mol. The third-order valence-electron chi connectivity index (χ3n) is 4.95. The zero-order valence-corrected chi connectivity index (χ0v) is 20.0. The minimum atomic E-state index is -0.508. The molecule has 0 unspecified atom stereocenters. The van der Waals surface area contributed by atoms with Crippen LogP contribution in [-0.2, 0) is 9.59 Å². The van der Waals surface area contributed by atoms with E-state index in [0.29, 0.717) is 16.5 Å². The summed E-state index contributed by atoms with van der Waals surface area (Å²) in [4.78, 5) is 40.0. The first-order valence-electron chi connectivity index (χ1n) is 10.3. The highest BCUT2D eigenvalue weighted by molar-refractivity contribution is 8.18. The van der Waals surface area contributed by atoms with Gasteiger partial charge >= 0.3 is 0 Å². The second-order valence-corrected chi connectivity index (χ2v) is 9.73. The SMILES string of the molecule is Cc1cc(C)c(NC(=O)CN2C(=O)S/C(=C\c3ccc(Sc4ccccc4)o3)C2=O)c(C)c1. The van der Waals surface area contributed by atoms with Crippen LogP contribution in [0.25, 0.3) is 6.08 Å². The van der Waals surface area contributed by atoms with E-state index in [2.05, 4.69) is 5.32 Å². The van der Waals surface area contributed by atoms with Crippen LogP contribution in [0.5, 0.6) is 0 Å². The van der Waals surface area contributed by atoms with Gasteiger partial charge in [-0.25, -0.2) is 0 Å². The van der Waals surface area contributed by atoms with E-state index in [-0.39, 0.29) is 11.4 Å². The Kier molecular flexibility index (Phi) is 6.76. The molecule has 1 N–H and O–H groups in total. The van der Waals surface area contributed by atoms with Gasteiger partial charge in [0.15, 0.2) is 5.09 Å². The Balaban J connectivity index is 1.42. The van der Waals surface area contributed by atoms with Gasteiger partial charge in [-0.2, -0.15) is 0 Å². The number of furan rings is 1. The molecule has 0 spiro atoms. The number of amides is 3. The van der Waals surface area contributed by atoms with Crippen LogP contribution in [0.15, 0.2) is 73.9 Å². The molecule has 1 saturated heterocycles. The smallest absolute Gasteiger partial charge is 0.294 e. The number of hydrogen-bond acceptors (Lipinski definition) is 6. The van der Waals surface area contributed by atoms with Crippen LogP contribution in [-0.4, -0.2) is 28.5 Å². The highest BCUT2D eigenvalue weighted by Gasteiger charge is 2.36. The second-order valence-electron chi connectivity index (χ2n) is 7.66. The summed E-state index contributed by atoms with van der Waals surface area (Å²) in [5.41, 5.74) is 3.66. The normalized spacial score (nSPS) is 14.9. The van der Waals surface area contributed by atoms with Crippen molar-refractivity contribution in [2.75, 3.05) is 11.9 Å². The molecular weight excluding hydrogens is 456 g/mol. The summed E-state index contributed by atoms with van der Waals surface area (Å²) in [6.45, 7) is 5.46. The summed E-state index contributed by atoms with van der Waals surface area (Å²) in [5, 5.41) is 3.02. The number of carbonyl (C=O) groups excluding carboxylic acids is 3. The van der Waals surface area contributed by atoms with Crippen molar-refractivity contribution in [3.8, 4) is 0 Å². The Labute approximate surface area is 200 Å². The monoisotopic (exact) mass is 478 g/mol. The number of nitrogens with one attached hydrogen (secondary N) is 1. The van der Waals surface area contributed by atoms with Gasteiger partial charge in [0.2, 0.25) is 5.91 Å². The van der Waals surface area contributed by atoms with Gasteiger partial charge in [0, 0.05) is 16.7 Å². The Morgan fingerprint density at radius 3 is 2.45 bits per heavy atom. The predicted molar refractivity (Wildman–Crippen MR) is 131 cm³/mol. The van der Waals surface area contributed by atoms with Crippen molar-refractivity contribution in [2.24, 2.45) is 0 Å². The molecule has 0 radical (unpaired) electrons. The fraction of sp³-hybridized carbons (Fsp3) is 0.160. The molecule has 1 aliphatic heterocycles. The molecule has 4 rings (SSSR count). The standard InChI is InChI=1S/C25H22N2O4S2/c1-15-11-16(2)23(17(3)12-15)26-21(28)14-27-24(29)20(33-25(27)30)13-18-9-10-22(31-18)32-19-7-5-4-6-8-19/h4-13H,14H2,1-3H3,(H,26,28)/b20-13-. The molecule has 1 fully saturated rings. The van der Waals surface area contributed by atoms with Crippen LogP contribution in [0.2, 0.25) is 0 Å². The summed E-state index contributed by atoms with van der Waals surface area (Å²) < 4.78 is 5.78. The van der Waals surface area contributed by atoms with E-state index < -0.39 is 17.1 Å². The van der Waals surface area contributed by atoms with Crippen molar-refractivity contribution >= 4 is 52.3 Å². The van der Waals surface area contributed by atoms with Gasteiger partial charge in [-0.15, -0.1) is 0 Å². The van der Waals surface area contributed by atoms with Crippen LogP contribution >= 0.6 is 23.5 Å². The van der Waals surface area contributed by atoms with E-state index in [9.17, 15) is 14.4 Å². The lowest BCUT2D eigenvalue weighted by Gasteiger charge is -2.15. The van der Waals surface area contributed by atoms with E-state index in [1.54, 1.807) is 6.07 Å². The predicted octanol–water partition coefficient (Wildman–Crippen LogP) is 6.03. The van der Waals surface area contributed by atoms with Crippen molar-refractivity contribution < 1.29 is 18.8 Å². The fourth-order valence-corrected chi connectivity index (χ4v) is 5.15. The van der Waals surface area contributed by atoms with Gasteiger partial charge in [-0.1, -0.05) is 47.7 Å². The molecule has 0 bridgehead atoms. The Hall–Kier alpha value is -3.23. The van der Waals surface area contributed by atoms with Gasteiger partial charge in [0.25, 0.3) is 11.1 Å². The van der Waals surface area contributed by atoms with Gasteiger partial charge < -0.3 is 9.73 Å².